The van der Waals surface area contributed by atoms with Crippen LogP contribution in [0.25, 0.3) is 0 Å². The molecule has 2 unspecified atom stereocenters. The van der Waals surface area contributed by atoms with E-state index in [2.05, 4.69) is 10.2 Å². The van der Waals surface area contributed by atoms with Crippen LogP contribution in [0.15, 0.2) is 34.2 Å². The molecule has 0 fully saturated rings. The van der Waals surface area contributed by atoms with Crippen molar-refractivity contribution in [1.82, 2.24) is 14.8 Å². The first-order valence-electron chi connectivity index (χ1n) is 6.75. The largest absolute Gasteiger partial charge is 0.344 e. The Labute approximate surface area is 132 Å². The lowest BCUT2D eigenvalue weighted by molar-refractivity contribution is 0.532. The summed E-state index contributed by atoms with van der Waals surface area (Å²) < 4.78 is 1.62. The first-order chi connectivity index (χ1) is 9.91. The second-order valence-corrected chi connectivity index (χ2v) is 6.71. The van der Waals surface area contributed by atoms with E-state index in [-0.39, 0.29) is 23.0 Å². The van der Waals surface area contributed by atoms with Crippen LogP contribution in [-0.4, -0.2) is 20.8 Å². The van der Waals surface area contributed by atoms with Crippen LogP contribution in [0.4, 0.5) is 0 Å². The van der Waals surface area contributed by atoms with Crippen LogP contribution in [0.1, 0.15) is 37.6 Å². The maximum Gasteiger partial charge on any atom is 0.344 e. The van der Waals surface area contributed by atoms with Crippen LogP contribution < -0.4 is 11.4 Å². The molecule has 7 heteroatoms. The highest BCUT2D eigenvalue weighted by atomic mass is 35.5. The number of rotatable bonds is 5. The van der Waals surface area contributed by atoms with Crippen molar-refractivity contribution in [3.05, 3.63) is 45.3 Å². The fourth-order valence-corrected chi connectivity index (χ4v) is 3.70. The first kappa shape index (κ1) is 16.1. The number of nitrogens with zero attached hydrogens (tertiary/aromatic N) is 2. The van der Waals surface area contributed by atoms with Crippen molar-refractivity contribution in [3.63, 3.8) is 0 Å². The van der Waals surface area contributed by atoms with E-state index in [9.17, 15) is 4.79 Å². The monoisotopic (exact) mass is 326 g/mol. The SMILES string of the molecule is CC(N)C(Sc1n[nH]c(=O)n1C(C)C)c1ccccc1Cl. The smallest absolute Gasteiger partial charge is 0.327 e. The molecule has 0 aliphatic rings. The number of aromatic nitrogens is 3. The van der Waals surface area contributed by atoms with Gasteiger partial charge < -0.3 is 5.73 Å². The van der Waals surface area contributed by atoms with Gasteiger partial charge in [-0.25, -0.2) is 9.89 Å². The number of aromatic amines is 1. The van der Waals surface area contributed by atoms with Gasteiger partial charge in [0.2, 0.25) is 0 Å². The van der Waals surface area contributed by atoms with E-state index in [0.29, 0.717) is 10.2 Å². The summed E-state index contributed by atoms with van der Waals surface area (Å²) in [6, 6.07) is 7.49. The number of nitrogens with two attached hydrogens (primary N) is 1. The van der Waals surface area contributed by atoms with Gasteiger partial charge in [0.25, 0.3) is 0 Å². The number of nitrogens with one attached hydrogen (secondary N) is 1. The zero-order valence-electron chi connectivity index (χ0n) is 12.2. The fraction of sp³-hybridized carbons (Fsp3) is 0.429. The zero-order valence-corrected chi connectivity index (χ0v) is 13.8. The third kappa shape index (κ3) is 3.51. The van der Waals surface area contributed by atoms with E-state index in [4.69, 9.17) is 17.3 Å². The van der Waals surface area contributed by atoms with Crippen LogP contribution in [0.5, 0.6) is 0 Å². The summed E-state index contributed by atoms with van der Waals surface area (Å²) in [6.45, 7) is 5.81. The molecule has 3 N–H and O–H groups in total. The topological polar surface area (TPSA) is 76.7 Å². The molecule has 0 aliphatic heterocycles. The van der Waals surface area contributed by atoms with Crippen molar-refractivity contribution < 1.29 is 0 Å². The van der Waals surface area contributed by atoms with Gasteiger partial charge in [-0.15, -0.1) is 5.10 Å². The number of H-pyrrole nitrogens is 1. The molecule has 2 rings (SSSR count). The molecule has 0 saturated heterocycles. The highest BCUT2D eigenvalue weighted by molar-refractivity contribution is 7.99. The van der Waals surface area contributed by atoms with Gasteiger partial charge in [0, 0.05) is 17.1 Å². The lowest BCUT2D eigenvalue weighted by atomic mass is 10.1. The molecule has 21 heavy (non-hydrogen) atoms. The summed E-state index contributed by atoms with van der Waals surface area (Å²) in [5.41, 5.74) is 6.85. The molecule has 0 spiro atoms. The molecule has 1 aromatic carbocycles. The molecule has 1 aromatic heterocycles. The summed E-state index contributed by atoms with van der Waals surface area (Å²) in [6.07, 6.45) is 0. The Balaban J connectivity index is 2.39. The van der Waals surface area contributed by atoms with E-state index in [0.717, 1.165) is 5.56 Å². The van der Waals surface area contributed by atoms with Gasteiger partial charge in [-0.3, -0.25) is 4.57 Å². The Morgan fingerprint density at radius 3 is 2.57 bits per heavy atom. The second kappa shape index (κ2) is 6.68. The van der Waals surface area contributed by atoms with Gasteiger partial charge in [-0.2, -0.15) is 0 Å². The summed E-state index contributed by atoms with van der Waals surface area (Å²) in [5, 5.41) is 7.81. The Bertz CT molecular complexity index is 665. The Kier molecular flexibility index (Phi) is 5.13. The van der Waals surface area contributed by atoms with Gasteiger partial charge in [0.1, 0.15) is 0 Å². The highest BCUT2D eigenvalue weighted by Gasteiger charge is 2.24. The molecular formula is C14H19ClN4OS. The van der Waals surface area contributed by atoms with Gasteiger partial charge >= 0.3 is 5.69 Å². The summed E-state index contributed by atoms with van der Waals surface area (Å²) in [7, 11) is 0. The minimum absolute atomic E-state index is 0.0266. The van der Waals surface area contributed by atoms with Crippen molar-refractivity contribution in [1.29, 1.82) is 0 Å². The van der Waals surface area contributed by atoms with Crippen LogP contribution in [-0.2, 0) is 0 Å². The molecule has 2 aromatic rings. The van der Waals surface area contributed by atoms with E-state index >= 15 is 0 Å². The van der Waals surface area contributed by atoms with E-state index in [1.54, 1.807) is 4.57 Å². The normalized spacial score (nSPS) is 14.4. The van der Waals surface area contributed by atoms with Gasteiger partial charge in [0.05, 0.1) is 5.25 Å². The third-order valence-corrected chi connectivity index (χ3v) is 4.89. The number of hydrogen-bond acceptors (Lipinski definition) is 4. The number of thioether (sulfide) groups is 1. The average molecular weight is 327 g/mol. The molecule has 2 atom stereocenters. The minimum atomic E-state index is -0.213. The lowest BCUT2D eigenvalue weighted by Gasteiger charge is -2.22. The maximum absolute atomic E-state index is 11.8. The second-order valence-electron chi connectivity index (χ2n) is 5.19. The molecule has 0 amide bonds. The molecule has 0 aliphatic carbocycles. The zero-order chi connectivity index (χ0) is 15.6. The first-order valence-corrected chi connectivity index (χ1v) is 8.01. The summed E-state index contributed by atoms with van der Waals surface area (Å²) in [5.74, 6) is 0. The van der Waals surface area contributed by atoms with Crippen LogP contribution in [0.2, 0.25) is 5.02 Å². The molecular weight excluding hydrogens is 308 g/mol. The fourth-order valence-electron chi connectivity index (χ4n) is 2.10. The number of halogens is 1. The lowest BCUT2D eigenvalue weighted by Crippen LogP contribution is -2.24. The van der Waals surface area contributed by atoms with Crippen LogP contribution >= 0.6 is 23.4 Å². The van der Waals surface area contributed by atoms with Gasteiger partial charge in [0.15, 0.2) is 5.16 Å². The average Bonchev–Trinajstić information content (AvgIpc) is 2.78. The summed E-state index contributed by atoms with van der Waals surface area (Å²) in [4.78, 5) is 11.8. The Hall–Kier alpha value is -1.24. The predicted molar refractivity (Wildman–Crippen MR) is 86.9 cm³/mol. The highest BCUT2D eigenvalue weighted by Crippen LogP contribution is 2.39. The van der Waals surface area contributed by atoms with Gasteiger partial charge in [-0.1, -0.05) is 41.6 Å². The Morgan fingerprint density at radius 1 is 1.33 bits per heavy atom. The minimum Gasteiger partial charge on any atom is -0.327 e. The number of benzene rings is 1. The van der Waals surface area contributed by atoms with E-state index < -0.39 is 0 Å². The van der Waals surface area contributed by atoms with E-state index in [1.165, 1.54) is 11.8 Å². The molecule has 0 radical (unpaired) electrons. The van der Waals surface area contributed by atoms with Crippen molar-refractivity contribution in [2.45, 2.75) is 43.3 Å². The molecule has 0 bridgehead atoms. The summed E-state index contributed by atoms with van der Waals surface area (Å²) >= 11 is 7.72. The molecule has 1 heterocycles. The van der Waals surface area contributed by atoms with Crippen LogP contribution in [0, 0.1) is 0 Å². The van der Waals surface area contributed by atoms with Crippen LogP contribution in [0.3, 0.4) is 0 Å². The molecule has 0 saturated carbocycles. The van der Waals surface area contributed by atoms with Gasteiger partial charge in [-0.05, 0) is 32.4 Å². The van der Waals surface area contributed by atoms with Crippen molar-refractivity contribution in [2.24, 2.45) is 5.73 Å². The molecule has 114 valence electrons. The maximum atomic E-state index is 11.8. The Morgan fingerprint density at radius 2 is 2.00 bits per heavy atom. The quantitative estimate of drug-likeness (QED) is 0.828. The number of hydrogen-bond donors (Lipinski definition) is 2. The predicted octanol–water partition coefficient (Wildman–Crippen LogP) is 2.99. The van der Waals surface area contributed by atoms with Crippen molar-refractivity contribution in [2.75, 3.05) is 0 Å². The standard InChI is InChI=1S/C14H19ClN4OS/c1-8(2)19-13(20)17-18-14(19)21-12(9(3)16)10-6-4-5-7-11(10)15/h4-9,12H,16H2,1-3H3,(H,17,20). The molecule has 5 nitrogen and oxygen atoms in total. The third-order valence-electron chi connectivity index (χ3n) is 3.11. The van der Waals surface area contributed by atoms with Crippen molar-refractivity contribution in [3.8, 4) is 0 Å². The van der Waals surface area contributed by atoms with Crippen molar-refractivity contribution >= 4 is 23.4 Å². The van der Waals surface area contributed by atoms with E-state index in [1.807, 2.05) is 45.0 Å².